The van der Waals surface area contributed by atoms with E-state index in [0.29, 0.717) is 13.0 Å². The van der Waals surface area contributed by atoms with Crippen LogP contribution in [0.1, 0.15) is 4.88 Å². The van der Waals surface area contributed by atoms with Crippen LogP contribution in [-0.2, 0) is 16.4 Å². The molecule has 0 saturated heterocycles. The molecule has 0 fully saturated rings. The Labute approximate surface area is 153 Å². The van der Waals surface area contributed by atoms with Gasteiger partial charge in [0.2, 0.25) is 10.0 Å². The number of halogens is 1. The molecule has 0 aliphatic heterocycles. The van der Waals surface area contributed by atoms with Gasteiger partial charge in [-0.15, -0.1) is 22.7 Å². The maximum absolute atomic E-state index is 12.9. The Kier molecular flexibility index (Phi) is 5.48. The average Bonchev–Trinajstić information content (AvgIpc) is 3.17. The molecule has 5 nitrogen and oxygen atoms in total. The van der Waals surface area contributed by atoms with Gasteiger partial charge in [0, 0.05) is 22.5 Å². The van der Waals surface area contributed by atoms with Gasteiger partial charge >= 0.3 is 0 Å². The van der Waals surface area contributed by atoms with Gasteiger partial charge in [-0.05, 0) is 42.8 Å². The van der Waals surface area contributed by atoms with Crippen LogP contribution in [0.3, 0.4) is 0 Å². The van der Waals surface area contributed by atoms with Crippen LogP contribution in [0.25, 0.3) is 10.6 Å². The molecule has 9 heteroatoms. The van der Waals surface area contributed by atoms with E-state index in [1.165, 1.54) is 23.5 Å². The molecular formula is C16H16FN3O2S3. The Bertz CT molecular complexity index is 949. The van der Waals surface area contributed by atoms with Crippen molar-refractivity contribution in [2.45, 2.75) is 6.42 Å². The molecule has 2 heterocycles. The second kappa shape index (κ2) is 7.61. The van der Waals surface area contributed by atoms with Gasteiger partial charge in [0.15, 0.2) is 5.13 Å². The lowest BCUT2D eigenvalue weighted by Crippen LogP contribution is -2.23. The number of anilines is 2. The first-order chi connectivity index (χ1) is 11.9. The molecule has 0 saturated carbocycles. The summed E-state index contributed by atoms with van der Waals surface area (Å²) in [5.74, 6) is -0.276. The van der Waals surface area contributed by atoms with Crippen LogP contribution < -0.4 is 10.0 Å². The first-order valence-electron chi connectivity index (χ1n) is 7.41. The third kappa shape index (κ3) is 5.33. The number of benzene rings is 1. The Morgan fingerprint density at radius 1 is 1.16 bits per heavy atom. The minimum atomic E-state index is -3.16. The predicted octanol–water partition coefficient (Wildman–Crippen LogP) is 3.85. The molecule has 2 aromatic heterocycles. The van der Waals surface area contributed by atoms with Crippen LogP contribution in [0.5, 0.6) is 0 Å². The van der Waals surface area contributed by atoms with Crippen molar-refractivity contribution in [3.8, 4) is 10.6 Å². The molecule has 0 spiro atoms. The molecule has 0 aliphatic carbocycles. The summed E-state index contributed by atoms with van der Waals surface area (Å²) in [6.07, 6.45) is 1.79. The molecule has 132 valence electrons. The van der Waals surface area contributed by atoms with Crippen molar-refractivity contribution in [3.63, 3.8) is 0 Å². The van der Waals surface area contributed by atoms with E-state index < -0.39 is 10.0 Å². The van der Waals surface area contributed by atoms with Gasteiger partial charge in [-0.1, -0.05) is 0 Å². The van der Waals surface area contributed by atoms with Crippen LogP contribution in [-0.4, -0.2) is 26.2 Å². The maximum atomic E-state index is 12.9. The van der Waals surface area contributed by atoms with Crippen LogP contribution in [0.2, 0.25) is 0 Å². The van der Waals surface area contributed by atoms with Crippen molar-refractivity contribution in [2.24, 2.45) is 0 Å². The highest BCUT2D eigenvalue weighted by Crippen LogP contribution is 2.32. The lowest BCUT2D eigenvalue weighted by Gasteiger charge is -2.01. The molecule has 0 radical (unpaired) electrons. The van der Waals surface area contributed by atoms with Crippen molar-refractivity contribution in [3.05, 3.63) is 52.5 Å². The highest BCUT2D eigenvalue weighted by Gasteiger charge is 2.09. The van der Waals surface area contributed by atoms with Gasteiger partial charge in [0.05, 0.1) is 16.8 Å². The summed E-state index contributed by atoms with van der Waals surface area (Å²) in [5.41, 5.74) is 1.64. The minimum absolute atomic E-state index is 0.276. The van der Waals surface area contributed by atoms with Gasteiger partial charge in [-0.2, -0.15) is 0 Å². The average molecular weight is 398 g/mol. The highest BCUT2D eigenvalue weighted by atomic mass is 32.2. The van der Waals surface area contributed by atoms with Crippen molar-refractivity contribution in [1.29, 1.82) is 0 Å². The number of rotatable bonds is 7. The van der Waals surface area contributed by atoms with Crippen LogP contribution in [0.4, 0.5) is 15.2 Å². The Morgan fingerprint density at radius 3 is 2.64 bits per heavy atom. The van der Waals surface area contributed by atoms with Gasteiger partial charge in [0.25, 0.3) is 0 Å². The zero-order chi connectivity index (χ0) is 17.9. The predicted molar refractivity (Wildman–Crippen MR) is 102 cm³/mol. The van der Waals surface area contributed by atoms with Crippen molar-refractivity contribution in [1.82, 2.24) is 9.71 Å². The zero-order valence-electron chi connectivity index (χ0n) is 13.3. The second-order valence-electron chi connectivity index (χ2n) is 5.35. The van der Waals surface area contributed by atoms with Crippen LogP contribution in [0, 0.1) is 5.82 Å². The first-order valence-corrected chi connectivity index (χ1v) is 11.0. The van der Waals surface area contributed by atoms with E-state index in [-0.39, 0.29) is 5.82 Å². The van der Waals surface area contributed by atoms with E-state index >= 15 is 0 Å². The fraction of sp³-hybridized carbons (Fsp3) is 0.188. The summed E-state index contributed by atoms with van der Waals surface area (Å²) in [6.45, 7) is 0.382. The van der Waals surface area contributed by atoms with Crippen molar-refractivity contribution < 1.29 is 12.8 Å². The number of hydrogen-bond donors (Lipinski definition) is 2. The molecule has 0 aliphatic rings. The number of nitrogens with zero attached hydrogens (tertiary/aromatic N) is 1. The summed E-state index contributed by atoms with van der Waals surface area (Å²) in [5, 5.41) is 5.83. The molecular weight excluding hydrogens is 381 g/mol. The van der Waals surface area contributed by atoms with Crippen molar-refractivity contribution in [2.75, 3.05) is 18.1 Å². The van der Waals surface area contributed by atoms with Gasteiger partial charge in [0.1, 0.15) is 5.82 Å². The third-order valence-corrected chi connectivity index (χ3v) is 5.90. The van der Waals surface area contributed by atoms with E-state index in [4.69, 9.17) is 0 Å². The molecule has 0 unspecified atom stereocenters. The Morgan fingerprint density at radius 2 is 1.92 bits per heavy atom. The molecule has 3 aromatic rings. The van der Waals surface area contributed by atoms with E-state index in [2.05, 4.69) is 15.0 Å². The van der Waals surface area contributed by atoms with Gasteiger partial charge in [-0.25, -0.2) is 22.5 Å². The van der Waals surface area contributed by atoms with E-state index in [1.807, 2.05) is 17.5 Å². The van der Waals surface area contributed by atoms with E-state index in [0.717, 1.165) is 32.5 Å². The second-order valence-corrected chi connectivity index (χ2v) is 9.21. The zero-order valence-corrected chi connectivity index (χ0v) is 15.8. The Balaban J connectivity index is 1.63. The molecule has 3 rings (SSSR count). The van der Waals surface area contributed by atoms with Gasteiger partial charge < -0.3 is 5.32 Å². The number of nitrogens with one attached hydrogen (secondary N) is 2. The quantitative estimate of drug-likeness (QED) is 0.635. The number of thiazole rings is 1. The summed E-state index contributed by atoms with van der Waals surface area (Å²) in [4.78, 5) is 6.66. The SMILES string of the molecule is CS(=O)(=O)NCCc1ccc(-c2csc(Nc3ccc(F)cc3)n2)s1. The smallest absolute Gasteiger partial charge is 0.208 e. The number of thiophene rings is 1. The fourth-order valence-corrected chi connectivity index (χ4v) is 4.36. The van der Waals surface area contributed by atoms with Crippen LogP contribution >= 0.6 is 22.7 Å². The molecule has 2 N–H and O–H groups in total. The molecule has 1 aromatic carbocycles. The highest BCUT2D eigenvalue weighted by molar-refractivity contribution is 7.88. The third-order valence-electron chi connectivity index (χ3n) is 3.25. The van der Waals surface area contributed by atoms with Gasteiger partial charge in [-0.3, -0.25) is 0 Å². The minimum Gasteiger partial charge on any atom is -0.332 e. The largest absolute Gasteiger partial charge is 0.332 e. The molecule has 25 heavy (non-hydrogen) atoms. The first kappa shape index (κ1) is 18.0. The van der Waals surface area contributed by atoms with E-state index in [9.17, 15) is 12.8 Å². The molecule has 0 amide bonds. The number of sulfonamides is 1. The lowest BCUT2D eigenvalue weighted by atomic mass is 10.3. The normalized spacial score (nSPS) is 11.6. The molecule has 0 atom stereocenters. The summed E-state index contributed by atoms with van der Waals surface area (Å²) in [7, 11) is -3.16. The summed E-state index contributed by atoms with van der Waals surface area (Å²) < 4.78 is 37.6. The monoisotopic (exact) mass is 397 g/mol. The lowest BCUT2D eigenvalue weighted by molar-refractivity contribution is 0.588. The standard InChI is InChI=1S/C16H16FN3O2S3/c1-25(21,22)18-9-8-13-6-7-15(24-13)14-10-23-16(20-14)19-12-4-2-11(17)3-5-12/h2-7,10,18H,8-9H2,1H3,(H,19,20). The van der Waals surface area contributed by atoms with Crippen molar-refractivity contribution >= 4 is 43.5 Å². The number of hydrogen-bond acceptors (Lipinski definition) is 6. The summed E-state index contributed by atoms with van der Waals surface area (Å²) in [6, 6.07) is 10.1. The Hall–Kier alpha value is -1.81. The van der Waals surface area contributed by atoms with E-state index in [1.54, 1.807) is 23.5 Å². The summed E-state index contributed by atoms with van der Waals surface area (Å²) >= 11 is 3.06. The fourth-order valence-electron chi connectivity index (χ4n) is 2.11. The van der Waals surface area contributed by atoms with Crippen LogP contribution in [0.15, 0.2) is 41.8 Å². The maximum Gasteiger partial charge on any atom is 0.208 e. The molecule has 0 bridgehead atoms. The topological polar surface area (TPSA) is 71.1 Å². The number of aromatic nitrogens is 1.